The Bertz CT molecular complexity index is 568. The molecule has 2 aromatic heterocycles. The summed E-state index contributed by atoms with van der Waals surface area (Å²) in [6.45, 7) is 0.207. The third-order valence-electron chi connectivity index (χ3n) is 2.11. The molecular formula is C11H9N3O3S. The summed E-state index contributed by atoms with van der Waals surface area (Å²) in [6, 6.07) is 3.19. The predicted molar refractivity (Wildman–Crippen MR) is 64.5 cm³/mol. The minimum absolute atomic E-state index is 0.00633. The molecule has 0 bridgehead atoms. The van der Waals surface area contributed by atoms with E-state index in [2.05, 4.69) is 15.3 Å². The number of carbonyl (C=O) groups is 2. The van der Waals surface area contributed by atoms with Gasteiger partial charge in [0.1, 0.15) is 5.01 Å². The van der Waals surface area contributed by atoms with Crippen LogP contribution >= 0.6 is 11.3 Å². The summed E-state index contributed by atoms with van der Waals surface area (Å²) in [7, 11) is 0. The number of nitrogens with one attached hydrogen (secondary N) is 1. The number of amides is 1. The van der Waals surface area contributed by atoms with Gasteiger partial charge in [-0.05, 0) is 12.1 Å². The first kappa shape index (κ1) is 12.2. The molecule has 0 saturated carbocycles. The van der Waals surface area contributed by atoms with Crippen LogP contribution in [-0.2, 0) is 6.54 Å². The number of aromatic carboxylic acids is 1. The molecule has 6 nitrogen and oxygen atoms in total. The first-order valence-electron chi connectivity index (χ1n) is 5.03. The number of pyridine rings is 1. The van der Waals surface area contributed by atoms with Gasteiger partial charge in [-0.25, -0.2) is 9.78 Å². The largest absolute Gasteiger partial charge is 0.476 e. The summed E-state index contributed by atoms with van der Waals surface area (Å²) >= 11 is 1.20. The van der Waals surface area contributed by atoms with Gasteiger partial charge in [0.15, 0.2) is 5.69 Å². The fourth-order valence-corrected chi connectivity index (χ4v) is 1.96. The number of rotatable bonds is 4. The van der Waals surface area contributed by atoms with Gasteiger partial charge in [0.05, 0.1) is 6.54 Å². The van der Waals surface area contributed by atoms with Crippen LogP contribution in [0, 0.1) is 0 Å². The first-order chi connectivity index (χ1) is 8.66. The molecule has 92 valence electrons. The third-order valence-corrected chi connectivity index (χ3v) is 2.96. The first-order valence-corrected chi connectivity index (χ1v) is 5.90. The van der Waals surface area contributed by atoms with Crippen molar-refractivity contribution in [2.75, 3.05) is 0 Å². The smallest absolute Gasteiger partial charge is 0.355 e. The lowest BCUT2D eigenvalue weighted by Crippen LogP contribution is -2.22. The van der Waals surface area contributed by atoms with Crippen LogP contribution in [0.5, 0.6) is 0 Å². The summed E-state index contributed by atoms with van der Waals surface area (Å²) in [4.78, 5) is 30.0. The minimum atomic E-state index is -1.07. The molecule has 0 aliphatic carbocycles. The van der Waals surface area contributed by atoms with Crippen molar-refractivity contribution in [3.05, 3.63) is 46.2 Å². The molecular weight excluding hydrogens is 254 g/mol. The van der Waals surface area contributed by atoms with Crippen molar-refractivity contribution in [1.29, 1.82) is 0 Å². The Labute approximate surface area is 106 Å². The van der Waals surface area contributed by atoms with Crippen LogP contribution in [0.3, 0.4) is 0 Å². The zero-order valence-electron chi connectivity index (χ0n) is 9.16. The molecule has 0 unspecified atom stereocenters. The summed E-state index contributed by atoms with van der Waals surface area (Å²) in [5.41, 5.74) is 0.494. The van der Waals surface area contributed by atoms with Crippen LogP contribution in [0.25, 0.3) is 0 Å². The summed E-state index contributed by atoms with van der Waals surface area (Å²) in [5.74, 6) is -1.32. The fourth-order valence-electron chi connectivity index (χ4n) is 1.25. The van der Waals surface area contributed by atoms with Gasteiger partial charge in [0.2, 0.25) is 0 Å². The lowest BCUT2D eigenvalue weighted by atomic mass is 10.2. The highest BCUT2D eigenvalue weighted by molar-refractivity contribution is 7.09. The van der Waals surface area contributed by atoms with E-state index >= 15 is 0 Å². The van der Waals surface area contributed by atoms with E-state index in [1.54, 1.807) is 12.1 Å². The number of carboxylic acid groups (broad SMARTS) is 1. The van der Waals surface area contributed by atoms with E-state index in [0.717, 1.165) is 0 Å². The van der Waals surface area contributed by atoms with Gasteiger partial charge in [-0.1, -0.05) is 0 Å². The normalized spacial score (nSPS) is 10.0. The van der Waals surface area contributed by atoms with Crippen molar-refractivity contribution in [2.45, 2.75) is 6.54 Å². The second kappa shape index (κ2) is 5.37. The van der Waals surface area contributed by atoms with Crippen LogP contribution in [0.15, 0.2) is 29.9 Å². The highest BCUT2D eigenvalue weighted by atomic mass is 32.1. The number of hydrogen-bond acceptors (Lipinski definition) is 5. The Morgan fingerprint density at radius 1 is 1.33 bits per heavy atom. The van der Waals surface area contributed by atoms with E-state index in [1.165, 1.54) is 29.1 Å². The van der Waals surface area contributed by atoms with E-state index in [0.29, 0.717) is 10.6 Å². The van der Waals surface area contributed by atoms with Gasteiger partial charge in [-0.2, -0.15) is 0 Å². The van der Waals surface area contributed by atoms with Crippen LogP contribution in [-0.4, -0.2) is 27.0 Å². The van der Waals surface area contributed by atoms with Crippen molar-refractivity contribution in [3.63, 3.8) is 0 Å². The van der Waals surface area contributed by atoms with E-state index in [-0.39, 0.29) is 18.1 Å². The van der Waals surface area contributed by atoms with Gasteiger partial charge in [0, 0.05) is 23.3 Å². The van der Waals surface area contributed by atoms with Crippen molar-refractivity contribution in [1.82, 2.24) is 15.3 Å². The minimum Gasteiger partial charge on any atom is -0.476 e. The topological polar surface area (TPSA) is 92.2 Å². The fraction of sp³-hybridized carbons (Fsp3) is 0.0909. The molecule has 18 heavy (non-hydrogen) atoms. The molecule has 2 heterocycles. The lowest BCUT2D eigenvalue weighted by Gasteiger charge is -2.01. The van der Waals surface area contributed by atoms with E-state index in [4.69, 9.17) is 5.11 Å². The molecule has 0 aliphatic rings. The molecule has 0 aromatic carbocycles. The molecule has 0 radical (unpaired) electrons. The number of hydrogen-bond donors (Lipinski definition) is 2. The Hall–Kier alpha value is -2.28. The highest BCUT2D eigenvalue weighted by Crippen LogP contribution is 2.09. The molecule has 2 N–H and O–H groups in total. The van der Waals surface area contributed by atoms with Crippen LogP contribution in [0.2, 0.25) is 0 Å². The number of thiazole rings is 1. The molecule has 0 aliphatic heterocycles. The maximum absolute atomic E-state index is 11.7. The molecule has 0 spiro atoms. The zero-order valence-corrected chi connectivity index (χ0v) is 9.98. The molecule has 0 saturated heterocycles. The van der Waals surface area contributed by atoms with Crippen LogP contribution < -0.4 is 5.32 Å². The summed E-state index contributed by atoms with van der Waals surface area (Å²) < 4.78 is 0. The van der Waals surface area contributed by atoms with Crippen LogP contribution in [0.4, 0.5) is 0 Å². The van der Waals surface area contributed by atoms with E-state index in [9.17, 15) is 9.59 Å². The number of aromatic nitrogens is 2. The quantitative estimate of drug-likeness (QED) is 0.863. The second-order valence-corrected chi connectivity index (χ2v) is 4.29. The lowest BCUT2D eigenvalue weighted by molar-refractivity contribution is 0.0691. The van der Waals surface area contributed by atoms with E-state index < -0.39 is 5.97 Å². The number of nitrogens with zero attached hydrogens (tertiary/aromatic N) is 2. The van der Waals surface area contributed by atoms with Gasteiger partial charge in [-0.15, -0.1) is 11.3 Å². The Balaban J connectivity index is 1.95. The molecule has 0 atom stereocenters. The molecule has 2 rings (SSSR count). The average molecular weight is 263 g/mol. The van der Waals surface area contributed by atoms with Gasteiger partial charge >= 0.3 is 5.97 Å². The number of carboxylic acids is 1. The maximum Gasteiger partial charge on any atom is 0.355 e. The SMILES string of the molecule is O=C(NCc1nc(C(=O)O)cs1)c1ccncc1. The van der Waals surface area contributed by atoms with Crippen molar-refractivity contribution in [2.24, 2.45) is 0 Å². The monoisotopic (exact) mass is 263 g/mol. The van der Waals surface area contributed by atoms with Gasteiger partial charge in [0.25, 0.3) is 5.91 Å². The van der Waals surface area contributed by atoms with E-state index in [1.807, 2.05) is 0 Å². The average Bonchev–Trinajstić information content (AvgIpc) is 2.86. The Morgan fingerprint density at radius 3 is 2.67 bits per heavy atom. The summed E-state index contributed by atoms with van der Waals surface area (Å²) in [6.07, 6.45) is 3.06. The predicted octanol–water partition coefficient (Wildman–Crippen LogP) is 1.17. The maximum atomic E-state index is 11.7. The van der Waals surface area contributed by atoms with Crippen LogP contribution in [0.1, 0.15) is 25.9 Å². The van der Waals surface area contributed by atoms with Crippen molar-refractivity contribution in [3.8, 4) is 0 Å². The highest BCUT2D eigenvalue weighted by Gasteiger charge is 2.10. The van der Waals surface area contributed by atoms with Gasteiger partial charge < -0.3 is 10.4 Å². The second-order valence-electron chi connectivity index (χ2n) is 3.35. The van der Waals surface area contributed by atoms with Crippen molar-refractivity contribution >= 4 is 23.2 Å². The standard InChI is InChI=1S/C11H9N3O3S/c15-10(7-1-3-12-4-2-7)13-5-9-14-8(6-18-9)11(16)17/h1-4,6H,5H2,(H,13,15)(H,16,17). The molecule has 7 heteroatoms. The number of carbonyl (C=O) groups excluding carboxylic acids is 1. The Morgan fingerprint density at radius 2 is 2.06 bits per heavy atom. The van der Waals surface area contributed by atoms with Gasteiger partial charge in [-0.3, -0.25) is 9.78 Å². The summed E-state index contributed by atoms with van der Waals surface area (Å²) in [5, 5.41) is 13.4. The van der Waals surface area contributed by atoms with Crippen molar-refractivity contribution < 1.29 is 14.7 Å². The molecule has 1 amide bonds. The third kappa shape index (κ3) is 2.89. The zero-order chi connectivity index (χ0) is 13.0. The Kier molecular flexibility index (Phi) is 3.63. The molecule has 0 fully saturated rings. The molecule has 2 aromatic rings.